The highest BCUT2D eigenvalue weighted by molar-refractivity contribution is 6.30. The molecule has 0 heterocycles. The molecule has 4 heteroatoms. The molecule has 0 saturated carbocycles. The Hall–Kier alpha value is -0.960. The van der Waals surface area contributed by atoms with E-state index in [2.05, 4.69) is 0 Å². The van der Waals surface area contributed by atoms with Crippen LogP contribution in [0, 0.1) is 11.6 Å². The first kappa shape index (κ1) is 9.13. The zero-order chi connectivity index (χ0) is 9.14. The van der Waals surface area contributed by atoms with Crippen LogP contribution in [0.15, 0.2) is 12.1 Å². The van der Waals surface area contributed by atoms with Gasteiger partial charge in [-0.15, -0.1) is 0 Å². The fraction of sp³-hybridized carbons (Fsp3) is 0.125. The van der Waals surface area contributed by atoms with Gasteiger partial charge >= 0.3 is 0 Å². The standard InChI is InChI=1S/C8H5ClF2O/c9-6-2-1-5(3-4-12)7(10)8(6)11/h1-2,4H,3H2. The van der Waals surface area contributed by atoms with E-state index < -0.39 is 11.6 Å². The molecule has 12 heavy (non-hydrogen) atoms. The molecule has 0 aliphatic heterocycles. The Balaban J connectivity index is 3.16. The fourth-order valence-electron chi connectivity index (χ4n) is 0.813. The van der Waals surface area contributed by atoms with Crippen LogP contribution in [0.1, 0.15) is 5.56 Å². The van der Waals surface area contributed by atoms with Crippen molar-refractivity contribution < 1.29 is 13.6 Å². The zero-order valence-electron chi connectivity index (χ0n) is 5.98. The smallest absolute Gasteiger partial charge is 0.177 e. The van der Waals surface area contributed by atoms with Gasteiger partial charge < -0.3 is 4.79 Å². The number of rotatable bonds is 2. The molecule has 0 atom stereocenters. The van der Waals surface area contributed by atoms with Crippen LogP contribution in [-0.4, -0.2) is 6.29 Å². The minimum atomic E-state index is -1.10. The van der Waals surface area contributed by atoms with Crippen molar-refractivity contribution in [1.82, 2.24) is 0 Å². The first-order valence-electron chi connectivity index (χ1n) is 3.23. The summed E-state index contributed by atoms with van der Waals surface area (Å²) in [5.74, 6) is -2.15. The molecule has 0 bridgehead atoms. The minimum absolute atomic E-state index is 0.0203. The van der Waals surface area contributed by atoms with E-state index in [-0.39, 0.29) is 17.0 Å². The van der Waals surface area contributed by atoms with E-state index in [1.807, 2.05) is 0 Å². The van der Waals surface area contributed by atoms with Crippen LogP contribution in [0.5, 0.6) is 0 Å². The molecule has 64 valence electrons. The third kappa shape index (κ3) is 1.61. The maximum atomic E-state index is 12.8. The molecule has 0 fully saturated rings. The third-order valence-corrected chi connectivity index (χ3v) is 1.71. The normalized spacial score (nSPS) is 9.92. The van der Waals surface area contributed by atoms with E-state index in [9.17, 15) is 13.6 Å². The van der Waals surface area contributed by atoms with Crippen LogP contribution in [0.2, 0.25) is 5.02 Å². The van der Waals surface area contributed by atoms with Crippen molar-refractivity contribution in [3.63, 3.8) is 0 Å². The average Bonchev–Trinajstić information content (AvgIpc) is 2.07. The van der Waals surface area contributed by atoms with Gasteiger partial charge in [-0.1, -0.05) is 17.7 Å². The van der Waals surface area contributed by atoms with Crippen LogP contribution in [0.25, 0.3) is 0 Å². The Bertz CT molecular complexity index is 312. The average molecular weight is 191 g/mol. The van der Waals surface area contributed by atoms with Gasteiger partial charge in [0.25, 0.3) is 0 Å². The Morgan fingerprint density at radius 2 is 2.00 bits per heavy atom. The SMILES string of the molecule is O=CCc1ccc(Cl)c(F)c1F. The summed E-state index contributed by atoms with van der Waals surface area (Å²) in [5, 5.41) is -0.276. The van der Waals surface area contributed by atoms with Crippen LogP contribution in [-0.2, 0) is 11.2 Å². The van der Waals surface area contributed by atoms with Crippen LogP contribution < -0.4 is 0 Å². The molecule has 0 unspecified atom stereocenters. The molecule has 0 amide bonds. The van der Waals surface area contributed by atoms with Gasteiger partial charge in [0, 0.05) is 6.42 Å². The number of aldehydes is 1. The lowest BCUT2D eigenvalue weighted by molar-refractivity contribution is -0.107. The first-order chi connectivity index (χ1) is 5.66. The van der Waals surface area contributed by atoms with Gasteiger partial charge in [0.1, 0.15) is 6.29 Å². The lowest BCUT2D eigenvalue weighted by Gasteiger charge is -2.00. The van der Waals surface area contributed by atoms with Gasteiger partial charge in [-0.2, -0.15) is 0 Å². The molecule has 1 aromatic carbocycles. The van der Waals surface area contributed by atoms with Crippen LogP contribution >= 0.6 is 11.6 Å². The van der Waals surface area contributed by atoms with E-state index >= 15 is 0 Å². The largest absolute Gasteiger partial charge is 0.303 e. The highest BCUT2D eigenvalue weighted by Gasteiger charge is 2.10. The predicted octanol–water partition coefficient (Wildman–Crippen LogP) is 2.36. The van der Waals surface area contributed by atoms with E-state index in [1.54, 1.807) is 0 Å². The molecule has 1 rings (SSSR count). The van der Waals surface area contributed by atoms with Gasteiger partial charge in [0.15, 0.2) is 11.6 Å². The summed E-state index contributed by atoms with van der Waals surface area (Å²) in [6.45, 7) is 0. The molecule has 0 N–H and O–H groups in total. The molecule has 1 aromatic rings. The van der Waals surface area contributed by atoms with Crippen molar-refractivity contribution in [3.05, 3.63) is 34.4 Å². The summed E-state index contributed by atoms with van der Waals surface area (Å²) in [4.78, 5) is 10.0. The lowest BCUT2D eigenvalue weighted by atomic mass is 10.1. The Kier molecular flexibility index (Phi) is 2.76. The lowest BCUT2D eigenvalue weighted by Crippen LogP contribution is -1.95. The second kappa shape index (κ2) is 3.63. The minimum Gasteiger partial charge on any atom is -0.303 e. The number of hydrogen-bond donors (Lipinski definition) is 0. The van der Waals surface area contributed by atoms with Crippen molar-refractivity contribution in [3.8, 4) is 0 Å². The van der Waals surface area contributed by atoms with Crippen molar-refractivity contribution in [2.24, 2.45) is 0 Å². The maximum Gasteiger partial charge on any atom is 0.177 e. The van der Waals surface area contributed by atoms with Crippen molar-refractivity contribution in [2.75, 3.05) is 0 Å². The van der Waals surface area contributed by atoms with Gasteiger partial charge in [0.2, 0.25) is 0 Å². The molecular weight excluding hydrogens is 186 g/mol. The van der Waals surface area contributed by atoms with E-state index in [4.69, 9.17) is 11.6 Å². The molecule has 0 aromatic heterocycles. The zero-order valence-corrected chi connectivity index (χ0v) is 6.74. The van der Waals surface area contributed by atoms with E-state index in [0.717, 1.165) is 0 Å². The van der Waals surface area contributed by atoms with E-state index in [1.165, 1.54) is 12.1 Å². The molecule has 0 saturated heterocycles. The van der Waals surface area contributed by atoms with Gasteiger partial charge in [-0.05, 0) is 11.6 Å². The molecule has 0 aliphatic carbocycles. The number of carbonyl (C=O) groups excluding carboxylic acids is 1. The second-order valence-electron chi connectivity index (χ2n) is 2.21. The molecule has 0 spiro atoms. The molecule has 1 nitrogen and oxygen atoms in total. The summed E-state index contributed by atoms with van der Waals surface area (Å²) >= 11 is 5.28. The van der Waals surface area contributed by atoms with Crippen molar-refractivity contribution >= 4 is 17.9 Å². The van der Waals surface area contributed by atoms with Gasteiger partial charge in [-0.25, -0.2) is 8.78 Å². The monoisotopic (exact) mass is 190 g/mol. The van der Waals surface area contributed by atoms with Gasteiger partial charge in [-0.3, -0.25) is 0 Å². The topological polar surface area (TPSA) is 17.1 Å². The third-order valence-electron chi connectivity index (χ3n) is 1.42. The number of halogens is 3. The summed E-state index contributed by atoms with van der Waals surface area (Å²) in [7, 11) is 0. The van der Waals surface area contributed by atoms with E-state index in [0.29, 0.717) is 6.29 Å². The van der Waals surface area contributed by atoms with Crippen LogP contribution in [0.4, 0.5) is 8.78 Å². The fourth-order valence-corrected chi connectivity index (χ4v) is 0.959. The molecule has 0 aliphatic rings. The second-order valence-corrected chi connectivity index (χ2v) is 2.61. The van der Waals surface area contributed by atoms with Crippen molar-refractivity contribution in [2.45, 2.75) is 6.42 Å². The van der Waals surface area contributed by atoms with Crippen LogP contribution in [0.3, 0.4) is 0 Å². The van der Waals surface area contributed by atoms with Gasteiger partial charge in [0.05, 0.1) is 5.02 Å². The summed E-state index contributed by atoms with van der Waals surface area (Å²) in [5.41, 5.74) is 0.0203. The Labute approximate surface area is 73.0 Å². The number of benzene rings is 1. The maximum absolute atomic E-state index is 12.8. The summed E-state index contributed by atoms with van der Waals surface area (Å²) < 4.78 is 25.5. The summed E-state index contributed by atoms with van der Waals surface area (Å²) in [6.07, 6.45) is 0.367. The first-order valence-corrected chi connectivity index (χ1v) is 3.60. The Morgan fingerprint density at radius 1 is 1.33 bits per heavy atom. The summed E-state index contributed by atoms with van der Waals surface area (Å²) in [6, 6.07) is 2.51. The Morgan fingerprint density at radius 3 is 2.58 bits per heavy atom. The highest BCUT2D eigenvalue weighted by Crippen LogP contribution is 2.20. The van der Waals surface area contributed by atoms with Crippen molar-refractivity contribution in [1.29, 1.82) is 0 Å². The quantitative estimate of drug-likeness (QED) is 0.517. The number of carbonyl (C=O) groups is 1. The molecular formula is C8H5ClF2O. The number of hydrogen-bond acceptors (Lipinski definition) is 1. The highest BCUT2D eigenvalue weighted by atomic mass is 35.5. The predicted molar refractivity (Wildman–Crippen MR) is 41.1 cm³/mol. The molecule has 0 radical (unpaired) electrons.